The summed E-state index contributed by atoms with van der Waals surface area (Å²) in [5, 5.41) is 12.0. The summed E-state index contributed by atoms with van der Waals surface area (Å²) >= 11 is 0. The molecule has 0 unspecified atom stereocenters. The maximum atomic E-state index is 13.3. The maximum absolute atomic E-state index is 13.3. The van der Waals surface area contributed by atoms with Crippen LogP contribution in [0.5, 0.6) is 0 Å². The Kier molecular flexibility index (Phi) is 5.74. The van der Waals surface area contributed by atoms with Crippen molar-refractivity contribution in [1.82, 2.24) is 19.3 Å². The molecule has 0 saturated heterocycles. The van der Waals surface area contributed by atoms with Crippen molar-refractivity contribution in [3.63, 3.8) is 0 Å². The second-order valence-corrected chi connectivity index (χ2v) is 8.05. The van der Waals surface area contributed by atoms with Gasteiger partial charge in [0.15, 0.2) is 0 Å². The van der Waals surface area contributed by atoms with Crippen molar-refractivity contribution in [3.8, 4) is 0 Å². The van der Waals surface area contributed by atoms with E-state index in [4.69, 9.17) is 5.41 Å². The van der Waals surface area contributed by atoms with Crippen LogP contribution in [0.25, 0.3) is 16.7 Å². The van der Waals surface area contributed by atoms with Crippen molar-refractivity contribution < 1.29 is 4.79 Å². The fraction of sp³-hybridized carbons (Fsp3) is 0.111. The van der Waals surface area contributed by atoms with Crippen molar-refractivity contribution >= 4 is 22.6 Å². The lowest BCUT2D eigenvalue weighted by atomic mass is 10.1. The molecule has 3 aromatic heterocycles. The Bertz CT molecular complexity index is 1610. The number of hydrogen-bond donors (Lipinski definition) is 2. The van der Waals surface area contributed by atoms with Crippen LogP contribution in [-0.4, -0.2) is 26.4 Å². The molecule has 0 atom stereocenters. The van der Waals surface area contributed by atoms with Gasteiger partial charge in [-0.25, -0.2) is 4.98 Å². The number of rotatable bonds is 6. The number of aromatic nitrogens is 3. The fourth-order valence-electron chi connectivity index (χ4n) is 4.04. The van der Waals surface area contributed by atoms with Crippen molar-refractivity contribution in [2.75, 3.05) is 6.54 Å². The molecule has 7 nitrogen and oxygen atoms in total. The van der Waals surface area contributed by atoms with Gasteiger partial charge in [0.2, 0.25) is 0 Å². The van der Waals surface area contributed by atoms with E-state index < -0.39 is 0 Å². The fourth-order valence-corrected chi connectivity index (χ4v) is 4.04. The van der Waals surface area contributed by atoms with Gasteiger partial charge in [0.1, 0.15) is 16.8 Å². The van der Waals surface area contributed by atoms with Crippen LogP contribution >= 0.6 is 0 Å². The average Bonchev–Trinajstić information content (AvgIpc) is 2.87. The minimum absolute atomic E-state index is 0.0146. The average molecular weight is 450 g/mol. The van der Waals surface area contributed by atoms with E-state index in [-0.39, 0.29) is 22.5 Å². The molecule has 168 valence electrons. The van der Waals surface area contributed by atoms with E-state index in [0.29, 0.717) is 36.2 Å². The van der Waals surface area contributed by atoms with Gasteiger partial charge in [-0.1, -0.05) is 66.7 Å². The quantitative estimate of drug-likeness (QED) is 0.390. The van der Waals surface area contributed by atoms with Gasteiger partial charge < -0.3 is 9.88 Å². The van der Waals surface area contributed by atoms with Crippen molar-refractivity contribution in [3.05, 3.63) is 124 Å². The van der Waals surface area contributed by atoms with Crippen LogP contribution in [0.4, 0.5) is 0 Å². The zero-order valence-electron chi connectivity index (χ0n) is 18.4. The van der Waals surface area contributed by atoms with Crippen molar-refractivity contribution in [2.24, 2.45) is 0 Å². The molecule has 5 aromatic rings. The topological polar surface area (TPSA) is 92.2 Å². The number of fused-ring (bicyclic) bond motifs is 2. The van der Waals surface area contributed by atoms with Crippen molar-refractivity contribution in [1.29, 1.82) is 5.41 Å². The molecule has 1 amide bonds. The minimum Gasteiger partial charge on any atom is -0.352 e. The summed E-state index contributed by atoms with van der Waals surface area (Å²) in [6.45, 7) is 0.741. The van der Waals surface area contributed by atoms with Crippen LogP contribution in [0.15, 0.2) is 95.9 Å². The minimum atomic E-state index is -0.387. The van der Waals surface area contributed by atoms with Gasteiger partial charge in [-0.05, 0) is 35.7 Å². The molecule has 5 rings (SSSR count). The van der Waals surface area contributed by atoms with E-state index in [1.54, 1.807) is 22.9 Å². The molecule has 34 heavy (non-hydrogen) atoms. The Balaban J connectivity index is 1.60. The normalized spacial score (nSPS) is 11.1. The van der Waals surface area contributed by atoms with Gasteiger partial charge in [-0.3, -0.25) is 19.4 Å². The number of nitrogens with one attached hydrogen (secondary N) is 2. The van der Waals surface area contributed by atoms with Crippen LogP contribution in [-0.2, 0) is 13.0 Å². The summed E-state index contributed by atoms with van der Waals surface area (Å²) in [5.41, 5.74) is 2.80. The molecule has 0 aliphatic carbocycles. The van der Waals surface area contributed by atoms with Gasteiger partial charge in [0.05, 0.1) is 17.5 Å². The van der Waals surface area contributed by atoms with Crippen molar-refractivity contribution in [2.45, 2.75) is 13.0 Å². The zero-order valence-corrected chi connectivity index (χ0v) is 18.4. The number of carbonyl (C=O) groups is 1. The Morgan fingerprint density at radius 2 is 1.59 bits per heavy atom. The molecule has 3 heterocycles. The van der Waals surface area contributed by atoms with Crippen LogP contribution < -0.4 is 16.4 Å². The lowest BCUT2D eigenvalue weighted by Crippen LogP contribution is -2.35. The number of benzene rings is 2. The first-order valence-corrected chi connectivity index (χ1v) is 11.1. The Labute approximate surface area is 195 Å². The second-order valence-electron chi connectivity index (χ2n) is 8.05. The molecule has 0 aliphatic heterocycles. The summed E-state index contributed by atoms with van der Waals surface area (Å²) in [6, 6.07) is 26.3. The van der Waals surface area contributed by atoms with Gasteiger partial charge in [-0.2, -0.15) is 0 Å². The highest BCUT2D eigenvalue weighted by molar-refractivity contribution is 5.96. The van der Waals surface area contributed by atoms with E-state index in [1.807, 2.05) is 66.7 Å². The molecule has 0 fully saturated rings. The Morgan fingerprint density at radius 1 is 0.912 bits per heavy atom. The largest absolute Gasteiger partial charge is 0.352 e. The number of amides is 1. The molecule has 0 aliphatic rings. The molecule has 0 spiro atoms. The zero-order chi connectivity index (χ0) is 23.5. The molecular weight excluding hydrogens is 426 g/mol. The number of nitrogens with zero attached hydrogens (tertiary/aromatic N) is 3. The number of hydrogen-bond acceptors (Lipinski definition) is 4. The van der Waals surface area contributed by atoms with E-state index in [1.165, 1.54) is 10.5 Å². The molecule has 0 radical (unpaired) electrons. The molecule has 0 saturated carbocycles. The van der Waals surface area contributed by atoms with Gasteiger partial charge in [-0.15, -0.1) is 0 Å². The Hall–Kier alpha value is -4.52. The first-order valence-electron chi connectivity index (χ1n) is 11.1. The van der Waals surface area contributed by atoms with Gasteiger partial charge >= 0.3 is 0 Å². The summed E-state index contributed by atoms with van der Waals surface area (Å²) in [6.07, 6.45) is 2.33. The smallest absolute Gasteiger partial charge is 0.267 e. The highest BCUT2D eigenvalue weighted by Crippen LogP contribution is 2.12. The van der Waals surface area contributed by atoms with E-state index in [0.717, 1.165) is 11.1 Å². The maximum Gasteiger partial charge on any atom is 0.267 e. The summed E-state index contributed by atoms with van der Waals surface area (Å²) in [5.74, 6) is -0.387. The lowest BCUT2D eigenvalue weighted by molar-refractivity contribution is 0.0951. The van der Waals surface area contributed by atoms with E-state index in [9.17, 15) is 9.59 Å². The standard InChI is InChI=1S/C27H23N5O2/c28-24-21(26(33)29-15-14-19-9-3-1-4-10-19)17-22-25(32(24)18-20-11-5-2-6-12-20)30-23-13-7-8-16-31(23)27(22)34/h1-13,16-17,28H,14-15,18H2,(H,29,33). The lowest BCUT2D eigenvalue weighted by Gasteiger charge is -2.15. The molecule has 7 heteroatoms. The van der Waals surface area contributed by atoms with Gasteiger partial charge in [0, 0.05) is 12.7 Å². The number of pyridine rings is 2. The SMILES string of the molecule is N=c1c(C(=O)NCCc2ccccc2)cc2c(=O)n3ccccc3nc2n1Cc1ccccc1. The monoisotopic (exact) mass is 449 g/mol. The third-order valence-electron chi connectivity index (χ3n) is 5.79. The summed E-state index contributed by atoms with van der Waals surface area (Å²) in [4.78, 5) is 31.1. The third-order valence-corrected chi connectivity index (χ3v) is 5.79. The second kappa shape index (κ2) is 9.15. The predicted octanol–water partition coefficient (Wildman–Crippen LogP) is 3.15. The van der Waals surface area contributed by atoms with Crippen LogP contribution in [0.1, 0.15) is 21.5 Å². The first kappa shape index (κ1) is 21.3. The molecular formula is C27H23N5O2. The molecule has 2 N–H and O–H groups in total. The summed E-state index contributed by atoms with van der Waals surface area (Å²) < 4.78 is 3.08. The van der Waals surface area contributed by atoms with Gasteiger partial charge in [0.25, 0.3) is 11.5 Å². The van der Waals surface area contributed by atoms with E-state index in [2.05, 4.69) is 10.3 Å². The highest BCUT2D eigenvalue weighted by atomic mass is 16.1. The van der Waals surface area contributed by atoms with E-state index >= 15 is 0 Å². The van der Waals surface area contributed by atoms with Crippen LogP contribution in [0.3, 0.4) is 0 Å². The third kappa shape index (κ3) is 4.11. The Morgan fingerprint density at radius 3 is 2.32 bits per heavy atom. The van der Waals surface area contributed by atoms with Crippen LogP contribution in [0, 0.1) is 5.41 Å². The number of carbonyl (C=O) groups excluding carboxylic acids is 1. The van der Waals surface area contributed by atoms with Crippen LogP contribution in [0.2, 0.25) is 0 Å². The summed E-state index contributed by atoms with van der Waals surface area (Å²) in [7, 11) is 0. The predicted molar refractivity (Wildman–Crippen MR) is 131 cm³/mol. The molecule has 0 bridgehead atoms. The molecule has 2 aromatic carbocycles. The first-order chi connectivity index (χ1) is 16.6. The highest BCUT2D eigenvalue weighted by Gasteiger charge is 2.17.